The predicted octanol–water partition coefficient (Wildman–Crippen LogP) is 2.60. The molecule has 0 unspecified atom stereocenters. The third-order valence-corrected chi connectivity index (χ3v) is 4.61. The number of rotatable bonds is 4. The van der Waals surface area contributed by atoms with Crippen molar-refractivity contribution in [1.82, 2.24) is 4.90 Å². The molecule has 0 aromatic heterocycles. The molecule has 0 saturated carbocycles. The van der Waals surface area contributed by atoms with Crippen LogP contribution in [-0.2, 0) is 4.79 Å². The van der Waals surface area contributed by atoms with Crippen LogP contribution < -0.4 is 4.90 Å². The van der Waals surface area contributed by atoms with Gasteiger partial charge in [0, 0.05) is 50.4 Å². The van der Waals surface area contributed by atoms with Crippen molar-refractivity contribution in [3.8, 4) is 0 Å². The zero-order valence-electron chi connectivity index (χ0n) is 13.1. The monoisotopic (exact) mass is 315 g/mol. The maximum Gasteiger partial charge on any atom is 0.269 e. The Hall–Kier alpha value is -2.37. The van der Waals surface area contributed by atoms with Crippen LogP contribution >= 0.6 is 0 Å². The Morgan fingerprint density at radius 2 is 1.87 bits per heavy atom. The van der Waals surface area contributed by atoms with Gasteiger partial charge in [0.05, 0.1) is 4.92 Å². The number of anilines is 1. The number of nitrogens with zero attached hydrogens (tertiary/aromatic N) is 3. The summed E-state index contributed by atoms with van der Waals surface area (Å²) in [6, 6.07) is 6.61. The van der Waals surface area contributed by atoms with Gasteiger partial charge >= 0.3 is 0 Å². The van der Waals surface area contributed by atoms with Gasteiger partial charge in [0.25, 0.3) is 5.69 Å². The second kappa shape index (κ2) is 6.81. The molecule has 1 amide bonds. The molecule has 0 bridgehead atoms. The quantitative estimate of drug-likeness (QED) is 0.486. The Kier molecular flexibility index (Phi) is 4.60. The number of hydrogen-bond acceptors (Lipinski definition) is 4. The zero-order valence-corrected chi connectivity index (χ0v) is 13.1. The summed E-state index contributed by atoms with van der Waals surface area (Å²) in [6.07, 6.45) is 7.11. The largest absolute Gasteiger partial charge is 0.368 e. The Morgan fingerprint density at radius 3 is 2.43 bits per heavy atom. The van der Waals surface area contributed by atoms with Gasteiger partial charge < -0.3 is 9.80 Å². The molecule has 6 nitrogen and oxygen atoms in total. The summed E-state index contributed by atoms with van der Waals surface area (Å²) in [6.45, 7) is 2.96. The van der Waals surface area contributed by atoms with E-state index in [1.807, 2.05) is 4.90 Å². The van der Waals surface area contributed by atoms with Crippen molar-refractivity contribution in [2.75, 3.05) is 31.1 Å². The number of amides is 1. The molecule has 0 radical (unpaired) electrons. The number of hydrogen-bond donors (Lipinski definition) is 0. The van der Waals surface area contributed by atoms with Crippen LogP contribution in [0.15, 0.2) is 36.4 Å². The number of carbonyl (C=O) groups is 1. The standard InChI is InChI=1S/C17H21N3O3/c21-17(13-14-3-1-2-4-14)19-11-9-18(10-12-19)15-5-7-16(8-6-15)20(22)23/h1,3,5-8,14H,2,4,9-13H2/t14-/m1/s1. The lowest BCUT2D eigenvalue weighted by atomic mass is 10.0. The minimum Gasteiger partial charge on any atom is -0.368 e. The second-order valence-electron chi connectivity index (χ2n) is 6.11. The van der Waals surface area contributed by atoms with Crippen LogP contribution in [0.2, 0.25) is 0 Å². The molecular formula is C17H21N3O3. The predicted molar refractivity (Wildman–Crippen MR) is 88.4 cm³/mol. The molecule has 1 fully saturated rings. The van der Waals surface area contributed by atoms with Crippen LogP contribution in [0, 0.1) is 16.0 Å². The first-order valence-electron chi connectivity index (χ1n) is 8.07. The van der Waals surface area contributed by atoms with Crippen molar-refractivity contribution in [3.63, 3.8) is 0 Å². The van der Waals surface area contributed by atoms with Gasteiger partial charge in [0.15, 0.2) is 0 Å². The molecule has 1 aromatic rings. The van der Waals surface area contributed by atoms with E-state index in [-0.39, 0.29) is 11.6 Å². The molecular weight excluding hydrogens is 294 g/mol. The van der Waals surface area contributed by atoms with E-state index in [1.165, 1.54) is 12.1 Å². The van der Waals surface area contributed by atoms with Crippen molar-refractivity contribution >= 4 is 17.3 Å². The molecule has 0 spiro atoms. The van der Waals surface area contributed by atoms with Gasteiger partial charge in [-0.3, -0.25) is 14.9 Å². The van der Waals surface area contributed by atoms with E-state index >= 15 is 0 Å². The Balaban J connectivity index is 1.52. The average molecular weight is 315 g/mol. The van der Waals surface area contributed by atoms with Crippen molar-refractivity contribution in [2.45, 2.75) is 19.3 Å². The van der Waals surface area contributed by atoms with Crippen LogP contribution in [-0.4, -0.2) is 41.9 Å². The van der Waals surface area contributed by atoms with Gasteiger partial charge in [-0.25, -0.2) is 0 Å². The fourth-order valence-electron chi connectivity index (χ4n) is 3.22. The summed E-state index contributed by atoms with van der Waals surface area (Å²) in [7, 11) is 0. The van der Waals surface area contributed by atoms with Gasteiger partial charge in [-0.1, -0.05) is 12.2 Å². The molecule has 122 valence electrons. The smallest absolute Gasteiger partial charge is 0.269 e. The molecule has 1 aliphatic heterocycles. The SMILES string of the molecule is O=C(C[C@@H]1C=CCC1)N1CCN(c2ccc([N+](=O)[O-])cc2)CC1. The lowest BCUT2D eigenvalue weighted by molar-refractivity contribution is -0.384. The average Bonchev–Trinajstić information content (AvgIpc) is 3.08. The molecule has 23 heavy (non-hydrogen) atoms. The number of piperazine rings is 1. The summed E-state index contributed by atoms with van der Waals surface area (Å²) in [4.78, 5) is 26.7. The third-order valence-electron chi connectivity index (χ3n) is 4.61. The van der Waals surface area contributed by atoms with Gasteiger partial charge in [-0.15, -0.1) is 0 Å². The van der Waals surface area contributed by atoms with Crippen molar-refractivity contribution in [2.24, 2.45) is 5.92 Å². The topological polar surface area (TPSA) is 66.7 Å². The second-order valence-corrected chi connectivity index (χ2v) is 6.11. The normalized spacial score (nSPS) is 20.8. The van der Waals surface area contributed by atoms with E-state index < -0.39 is 4.92 Å². The van der Waals surface area contributed by atoms with Crippen LogP contribution in [0.1, 0.15) is 19.3 Å². The third kappa shape index (κ3) is 3.70. The fraction of sp³-hybridized carbons (Fsp3) is 0.471. The van der Waals surface area contributed by atoms with Gasteiger partial charge in [0.1, 0.15) is 0 Å². The molecule has 6 heteroatoms. The van der Waals surface area contributed by atoms with E-state index in [1.54, 1.807) is 12.1 Å². The minimum absolute atomic E-state index is 0.104. The number of non-ortho nitro benzene ring substituents is 1. The first-order valence-corrected chi connectivity index (χ1v) is 8.07. The Labute approximate surface area is 135 Å². The number of nitro benzene ring substituents is 1. The highest BCUT2D eigenvalue weighted by Gasteiger charge is 2.23. The first-order chi connectivity index (χ1) is 11.1. The summed E-state index contributed by atoms with van der Waals surface area (Å²) < 4.78 is 0. The molecule has 1 aromatic carbocycles. The van der Waals surface area contributed by atoms with Gasteiger partial charge in [-0.2, -0.15) is 0 Å². The molecule has 1 heterocycles. The summed E-state index contributed by atoms with van der Waals surface area (Å²) in [5.41, 5.74) is 1.08. The fourth-order valence-corrected chi connectivity index (χ4v) is 3.22. The van der Waals surface area contributed by atoms with Crippen LogP contribution in [0.25, 0.3) is 0 Å². The minimum atomic E-state index is -0.391. The Morgan fingerprint density at radius 1 is 1.17 bits per heavy atom. The number of benzene rings is 1. The number of carbonyl (C=O) groups excluding carboxylic acids is 1. The molecule has 3 rings (SSSR count). The highest BCUT2D eigenvalue weighted by molar-refractivity contribution is 5.77. The van der Waals surface area contributed by atoms with Crippen LogP contribution in [0.4, 0.5) is 11.4 Å². The number of allylic oxidation sites excluding steroid dienone is 2. The van der Waals surface area contributed by atoms with Crippen LogP contribution in [0.3, 0.4) is 0 Å². The lowest BCUT2D eigenvalue weighted by Gasteiger charge is -2.36. The summed E-state index contributed by atoms with van der Waals surface area (Å²) in [5, 5.41) is 10.7. The van der Waals surface area contributed by atoms with Gasteiger partial charge in [-0.05, 0) is 30.9 Å². The highest BCUT2D eigenvalue weighted by Crippen LogP contribution is 2.23. The van der Waals surface area contributed by atoms with E-state index in [0.29, 0.717) is 25.4 Å². The van der Waals surface area contributed by atoms with E-state index in [9.17, 15) is 14.9 Å². The lowest BCUT2D eigenvalue weighted by Crippen LogP contribution is -2.49. The van der Waals surface area contributed by atoms with Gasteiger partial charge in [0.2, 0.25) is 5.91 Å². The van der Waals surface area contributed by atoms with Crippen molar-refractivity contribution in [1.29, 1.82) is 0 Å². The summed E-state index contributed by atoms with van der Waals surface area (Å²) in [5.74, 6) is 0.653. The number of nitro groups is 1. The maximum atomic E-state index is 12.3. The zero-order chi connectivity index (χ0) is 16.2. The molecule has 0 N–H and O–H groups in total. The molecule has 2 aliphatic rings. The molecule has 1 aliphatic carbocycles. The van der Waals surface area contributed by atoms with E-state index in [0.717, 1.165) is 31.6 Å². The maximum absolute atomic E-state index is 12.3. The highest BCUT2D eigenvalue weighted by atomic mass is 16.6. The van der Waals surface area contributed by atoms with Crippen molar-refractivity contribution in [3.05, 3.63) is 46.5 Å². The molecule has 1 atom stereocenters. The summed E-state index contributed by atoms with van der Waals surface area (Å²) >= 11 is 0. The Bertz CT molecular complexity index is 604. The van der Waals surface area contributed by atoms with Crippen molar-refractivity contribution < 1.29 is 9.72 Å². The van der Waals surface area contributed by atoms with E-state index in [2.05, 4.69) is 17.1 Å². The first kappa shape index (κ1) is 15.5. The van der Waals surface area contributed by atoms with E-state index in [4.69, 9.17) is 0 Å². The van der Waals surface area contributed by atoms with Crippen LogP contribution in [0.5, 0.6) is 0 Å². The molecule has 1 saturated heterocycles.